The second-order valence-electron chi connectivity index (χ2n) is 6.55. The number of halogens is 1. The van der Waals surface area contributed by atoms with E-state index in [0.29, 0.717) is 27.3 Å². The van der Waals surface area contributed by atoms with E-state index in [2.05, 4.69) is 0 Å². The van der Waals surface area contributed by atoms with Crippen molar-refractivity contribution >= 4 is 34.6 Å². The standard InChI is InChI=1S/C24H17ClO5/c1-2-15-5-11-20-19(14-15)22(27)24(23(29-20)16-6-8-17(25)9-7-16)30-21(26)12-10-18-4-3-13-28-18/h3-14H,2H2,1H3/b12-10+. The van der Waals surface area contributed by atoms with Crippen molar-refractivity contribution in [2.24, 2.45) is 0 Å². The molecule has 0 aliphatic heterocycles. The molecule has 0 spiro atoms. The Morgan fingerprint density at radius 3 is 2.63 bits per heavy atom. The molecule has 0 amide bonds. The fourth-order valence-corrected chi connectivity index (χ4v) is 3.13. The van der Waals surface area contributed by atoms with E-state index in [9.17, 15) is 9.59 Å². The van der Waals surface area contributed by atoms with Crippen molar-refractivity contribution in [3.05, 3.63) is 93.5 Å². The van der Waals surface area contributed by atoms with Crippen LogP contribution in [0, 0.1) is 0 Å². The fraction of sp³-hybridized carbons (Fsp3) is 0.0833. The van der Waals surface area contributed by atoms with E-state index in [1.165, 1.54) is 18.4 Å². The Labute approximate surface area is 177 Å². The van der Waals surface area contributed by atoms with Crippen LogP contribution in [-0.2, 0) is 11.2 Å². The van der Waals surface area contributed by atoms with Crippen molar-refractivity contribution in [1.29, 1.82) is 0 Å². The van der Waals surface area contributed by atoms with E-state index in [4.69, 9.17) is 25.2 Å². The minimum absolute atomic E-state index is 0.160. The summed E-state index contributed by atoms with van der Waals surface area (Å²) in [5, 5.41) is 0.888. The molecule has 6 heteroatoms. The van der Waals surface area contributed by atoms with Gasteiger partial charge in [0.1, 0.15) is 11.3 Å². The van der Waals surface area contributed by atoms with Crippen molar-refractivity contribution in [3.8, 4) is 17.1 Å². The molecule has 0 unspecified atom stereocenters. The third kappa shape index (κ3) is 4.07. The maximum Gasteiger partial charge on any atom is 0.336 e. The van der Waals surface area contributed by atoms with Gasteiger partial charge < -0.3 is 13.6 Å². The molecule has 4 aromatic rings. The van der Waals surface area contributed by atoms with Crippen LogP contribution in [0.3, 0.4) is 0 Å². The summed E-state index contributed by atoms with van der Waals surface area (Å²) in [4.78, 5) is 25.6. The maximum atomic E-state index is 13.2. The minimum Gasteiger partial charge on any atom is -0.465 e. The van der Waals surface area contributed by atoms with Crippen LogP contribution in [0.15, 0.2) is 80.6 Å². The lowest BCUT2D eigenvalue weighted by Crippen LogP contribution is -2.14. The van der Waals surface area contributed by atoms with Crippen molar-refractivity contribution in [2.75, 3.05) is 0 Å². The number of hydrogen-bond donors (Lipinski definition) is 0. The molecule has 0 aliphatic carbocycles. The van der Waals surface area contributed by atoms with Gasteiger partial charge in [0.05, 0.1) is 11.6 Å². The van der Waals surface area contributed by atoms with Crippen molar-refractivity contribution < 1.29 is 18.4 Å². The highest BCUT2D eigenvalue weighted by Gasteiger charge is 2.20. The highest BCUT2D eigenvalue weighted by atomic mass is 35.5. The average Bonchev–Trinajstić information content (AvgIpc) is 3.28. The second kappa shape index (κ2) is 8.43. The largest absolute Gasteiger partial charge is 0.465 e. The van der Waals surface area contributed by atoms with Crippen LogP contribution in [-0.4, -0.2) is 5.97 Å². The summed E-state index contributed by atoms with van der Waals surface area (Å²) in [6, 6.07) is 15.5. The number of hydrogen-bond acceptors (Lipinski definition) is 5. The van der Waals surface area contributed by atoms with Gasteiger partial charge in [0.15, 0.2) is 5.76 Å². The van der Waals surface area contributed by atoms with Crippen LogP contribution < -0.4 is 10.2 Å². The molecule has 0 atom stereocenters. The number of esters is 1. The number of carbonyl (C=O) groups is 1. The SMILES string of the molecule is CCc1ccc2oc(-c3ccc(Cl)cc3)c(OC(=O)/C=C/c3ccco3)c(=O)c2c1. The lowest BCUT2D eigenvalue weighted by atomic mass is 10.1. The van der Waals surface area contributed by atoms with Gasteiger partial charge in [-0.05, 0) is 66.6 Å². The topological polar surface area (TPSA) is 69.7 Å². The number of aryl methyl sites for hydroxylation is 1. The van der Waals surface area contributed by atoms with E-state index >= 15 is 0 Å². The van der Waals surface area contributed by atoms with Crippen LogP contribution in [0.2, 0.25) is 5.02 Å². The summed E-state index contributed by atoms with van der Waals surface area (Å²) in [7, 11) is 0. The minimum atomic E-state index is -0.722. The maximum absolute atomic E-state index is 13.2. The first-order valence-electron chi connectivity index (χ1n) is 9.34. The zero-order valence-corrected chi connectivity index (χ0v) is 16.8. The molecule has 0 saturated carbocycles. The van der Waals surface area contributed by atoms with E-state index in [-0.39, 0.29) is 11.5 Å². The Balaban J connectivity index is 1.82. The van der Waals surface area contributed by atoms with E-state index < -0.39 is 11.4 Å². The molecule has 0 N–H and O–H groups in total. The highest BCUT2D eigenvalue weighted by molar-refractivity contribution is 6.30. The average molecular weight is 421 g/mol. The van der Waals surface area contributed by atoms with E-state index in [0.717, 1.165) is 12.0 Å². The molecule has 30 heavy (non-hydrogen) atoms. The quantitative estimate of drug-likeness (QED) is 0.297. The Morgan fingerprint density at radius 1 is 1.13 bits per heavy atom. The van der Waals surface area contributed by atoms with Gasteiger partial charge in [-0.15, -0.1) is 0 Å². The van der Waals surface area contributed by atoms with Crippen molar-refractivity contribution in [3.63, 3.8) is 0 Å². The molecule has 2 aromatic carbocycles. The number of ether oxygens (including phenoxy) is 1. The molecule has 150 valence electrons. The number of benzene rings is 2. The molecule has 2 aromatic heterocycles. The predicted molar refractivity (Wildman–Crippen MR) is 116 cm³/mol. The summed E-state index contributed by atoms with van der Waals surface area (Å²) in [6.07, 6.45) is 4.90. The first-order valence-corrected chi connectivity index (χ1v) is 9.72. The molecule has 2 heterocycles. The van der Waals surface area contributed by atoms with Gasteiger partial charge in [-0.1, -0.05) is 24.6 Å². The van der Waals surface area contributed by atoms with Gasteiger partial charge in [-0.2, -0.15) is 0 Å². The highest BCUT2D eigenvalue weighted by Crippen LogP contribution is 2.32. The molecule has 0 aliphatic rings. The summed E-state index contributed by atoms with van der Waals surface area (Å²) in [6.45, 7) is 1.99. The van der Waals surface area contributed by atoms with Crippen LogP contribution in [0.5, 0.6) is 5.75 Å². The number of rotatable bonds is 5. The van der Waals surface area contributed by atoms with Crippen LogP contribution >= 0.6 is 11.6 Å². The predicted octanol–water partition coefficient (Wildman–Crippen LogP) is 5.89. The van der Waals surface area contributed by atoms with E-state index in [1.807, 2.05) is 13.0 Å². The van der Waals surface area contributed by atoms with Gasteiger partial charge in [-0.3, -0.25) is 4.79 Å². The lowest BCUT2D eigenvalue weighted by molar-refractivity contribution is -0.129. The molecule has 0 fully saturated rings. The smallest absolute Gasteiger partial charge is 0.336 e. The van der Waals surface area contributed by atoms with Crippen LogP contribution in [0.4, 0.5) is 0 Å². The Hall–Kier alpha value is -3.57. The van der Waals surface area contributed by atoms with Gasteiger partial charge >= 0.3 is 5.97 Å². The monoisotopic (exact) mass is 420 g/mol. The third-order valence-corrected chi connectivity index (χ3v) is 4.81. The molecule has 5 nitrogen and oxygen atoms in total. The first kappa shape index (κ1) is 19.7. The Bertz CT molecular complexity index is 1280. The lowest BCUT2D eigenvalue weighted by Gasteiger charge is -2.10. The molecule has 0 radical (unpaired) electrons. The van der Waals surface area contributed by atoms with E-state index in [1.54, 1.807) is 48.5 Å². The molecule has 0 bridgehead atoms. The Kier molecular flexibility index (Phi) is 5.55. The van der Waals surface area contributed by atoms with Crippen LogP contribution in [0.1, 0.15) is 18.2 Å². The van der Waals surface area contributed by atoms with Crippen LogP contribution in [0.25, 0.3) is 28.4 Å². The summed E-state index contributed by atoms with van der Waals surface area (Å²) in [5.41, 5.74) is 1.53. The summed E-state index contributed by atoms with van der Waals surface area (Å²) >= 11 is 5.98. The normalized spacial score (nSPS) is 11.3. The van der Waals surface area contributed by atoms with Gasteiger partial charge in [-0.25, -0.2) is 4.79 Å². The van der Waals surface area contributed by atoms with Gasteiger partial charge in [0.2, 0.25) is 11.2 Å². The van der Waals surface area contributed by atoms with Gasteiger partial charge in [0.25, 0.3) is 0 Å². The van der Waals surface area contributed by atoms with Crippen molar-refractivity contribution in [1.82, 2.24) is 0 Å². The number of carbonyl (C=O) groups excluding carboxylic acids is 1. The summed E-state index contributed by atoms with van der Waals surface area (Å²) < 4.78 is 16.6. The Morgan fingerprint density at radius 2 is 1.93 bits per heavy atom. The fourth-order valence-electron chi connectivity index (χ4n) is 3.00. The third-order valence-electron chi connectivity index (χ3n) is 4.56. The molecular formula is C24H17ClO5. The van der Waals surface area contributed by atoms with Crippen molar-refractivity contribution in [2.45, 2.75) is 13.3 Å². The van der Waals surface area contributed by atoms with Gasteiger partial charge in [0, 0.05) is 16.7 Å². The first-order chi connectivity index (χ1) is 14.5. The molecule has 0 saturated heterocycles. The molecular weight excluding hydrogens is 404 g/mol. The zero-order valence-electron chi connectivity index (χ0n) is 16.1. The second-order valence-corrected chi connectivity index (χ2v) is 6.99. The number of fused-ring (bicyclic) bond motifs is 1. The number of furan rings is 1. The zero-order chi connectivity index (χ0) is 21.1. The summed E-state index contributed by atoms with van der Waals surface area (Å²) in [5.74, 6) is -0.247. The molecule has 4 rings (SSSR count).